The SMILES string of the molecule is CCOC(=O)[C@H]1C(=O)NC(N2CCc3ccccc3C2)=N[C@H]1c1ccc(OCCC(C)C)cc1. The minimum Gasteiger partial charge on any atom is -0.494 e. The van der Waals surface area contributed by atoms with Crippen molar-refractivity contribution in [3.63, 3.8) is 0 Å². The van der Waals surface area contributed by atoms with Gasteiger partial charge >= 0.3 is 5.97 Å². The van der Waals surface area contributed by atoms with Crippen LogP contribution in [0.15, 0.2) is 53.5 Å². The fraction of sp³-hybridized carbons (Fsp3) is 0.444. The molecule has 0 spiro atoms. The molecule has 0 radical (unpaired) electrons. The van der Waals surface area contributed by atoms with Gasteiger partial charge in [-0.1, -0.05) is 50.2 Å². The van der Waals surface area contributed by atoms with Crippen molar-refractivity contribution in [2.75, 3.05) is 19.8 Å². The van der Waals surface area contributed by atoms with Crippen LogP contribution in [-0.4, -0.2) is 42.5 Å². The number of hydrogen-bond acceptors (Lipinski definition) is 6. The molecule has 180 valence electrons. The van der Waals surface area contributed by atoms with E-state index in [-0.39, 0.29) is 12.5 Å². The lowest BCUT2D eigenvalue weighted by atomic mass is 9.91. The van der Waals surface area contributed by atoms with E-state index in [0.717, 1.165) is 30.7 Å². The van der Waals surface area contributed by atoms with Crippen molar-refractivity contribution in [3.05, 3.63) is 65.2 Å². The van der Waals surface area contributed by atoms with Crippen molar-refractivity contribution in [3.8, 4) is 5.75 Å². The zero-order valence-corrected chi connectivity index (χ0v) is 20.1. The number of fused-ring (bicyclic) bond motifs is 1. The smallest absolute Gasteiger partial charge is 0.321 e. The molecule has 0 unspecified atom stereocenters. The van der Waals surface area contributed by atoms with Gasteiger partial charge in [0, 0.05) is 13.1 Å². The highest BCUT2D eigenvalue weighted by Crippen LogP contribution is 2.32. The van der Waals surface area contributed by atoms with Gasteiger partial charge in [0.15, 0.2) is 5.92 Å². The first-order valence-electron chi connectivity index (χ1n) is 12.1. The van der Waals surface area contributed by atoms with E-state index in [1.54, 1.807) is 6.92 Å². The molecule has 2 atom stereocenters. The summed E-state index contributed by atoms with van der Waals surface area (Å²) in [6, 6.07) is 15.2. The van der Waals surface area contributed by atoms with E-state index in [1.807, 2.05) is 36.4 Å². The normalized spacial score (nSPS) is 19.8. The van der Waals surface area contributed by atoms with E-state index >= 15 is 0 Å². The summed E-state index contributed by atoms with van der Waals surface area (Å²) in [6.07, 6.45) is 1.85. The maximum Gasteiger partial charge on any atom is 0.321 e. The zero-order valence-electron chi connectivity index (χ0n) is 20.1. The van der Waals surface area contributed by atoms with Crippen LogP contribution in [0.4, 0.5) is 0 Å². The Morgan fingerprint density at radius 2 is 1.88 bits per heavy atom. The quantitative estimate of drug-likeness (QED) is 0.498. The number of esters is 1. The monoisotopic (exact) mass is 463 g/mol. The van der Waals surface area contributed by atoms with Crippen LogP contribution >= 0.6 is 0 Å². The fourth-order valence-electron chi connectivity index (χ4n) is 4.32. The molecular weight excluding hydrogens is 430 g/mol. The fourth-order valence-corrected chi connectivity index (χ4v) is 4.32. The predicted molar refractivity (Wildman–Crippen MR) is 130 cm³/mol. The average Bonchev–Trinajstić information content (AvgIpc) is 2.83. The second kappa shape index (κ2) is 10.7. The van der Waals surface area contributed by atoms with Crippen molar-refractivity contribution in [2.45, 2.75) is 46.2 Å². The molecule has 2 aliphatic rings. The largest absolute Gasteiger partial charge is 0.494 e. The number of guanidine groups is 1. The van der Waals surface area contributed by atoms with Gasteiger partial charge in [-0.25, -0.2) is 4.99 Å². The predicted octanol–water partition coefficient (Wildman–Crippen LogP) is 3.88. The van der Waals surface area contributed by atoms with Crippen LogP contribution in [0.25, 0.3) is 0 Å². The lowest BCUT2D eigenvalue weighted by molar-refractivity contribution is -0.153. The van der Waals surface area contributed by atoms with Crippen LogP contribution in [0.1, 0.15) is 49.9 Å². The molecule has 0 saturated heterocycles. The molecule has 0 aromatic heterocycles. The summed E-state index contributed by atoms with van der Waals surface area (Å²) in [5, 5.41) is 2.87. The van der Waals surface area contributed by atoms with Crippen molar-refractivity contribution < 1.29 is 19.1 Å². The number of hydrogen-bond donors (Lipinski definition) is 1. The Bertz CT molecular complexity index is 1050. The van der Waals surface area contributed by atoms with Crippen LogP contribution < -0.4 is 10.1 Å². The Hall–Kier alpha value is -3.35. The van der Waals surface area contributed by atoms with Gasteiger partial charge in [-0.3, -0.25) is 14.9 Å². The first kappa shape index (κ1) is 23.8. The average molecular weight is 464 g/mol. The highest BCUT2D eigenvalue weighted by molar-refractivity contribution is 6.08. The maximum atomic E-state index is 13.1. The summed E-state index contributed by atoms with van der Waals surface area (Å²) >= 11 is 0. The molecule has 2 aromatic rings. The third-order valence-electron chi connectivity index (χ3n) is 6.25. The van der Waals surface area contributed by atoms with Gasteiger partial charge in [-0.2, -0.15) is 0 Å². The highest BCUT2D eigenvalue weighted by Gasteiger charge is 2.42. The van der Waals surface area contributed by atoms with Gasteiger partial charge in [0.25, 0.3) is 0 Å². The Kier molecular flexibility index (Phi) is 7.50. The molecule has 0 aliphatic carbocycles. The molecule has 0 bridgehead atoms. The third-order valence-corrected chi connectivity index (χ3v) is 6.25. The van der Waals surface area contributed by atoms with Gasteiger partial charge in [-0.15, -0.1) is 0 Å². The Morgan fingerprint density at radius 3 is 2.59 bits per heavy atom. The van der Waals surface area contributed by atoms with Gasteiger partial charge < -0.3 is 14.4 Å². The van der Waals surface area contributed by atoms with Crippen molar-refractivity contribution >= 4 is 17.8 Å². The minimum absolute atomic E-state index is 0.206. The minimum atomic E-state index is -1.03. The summed E-state index contributed by atoms with van der Waals surface area (Å²) in [4.78, 5) is 32.8. The number of rotatable bonds is 7. The van der Waals surface area contributed by atoms with Crippen LogP contribution in [0.3, 0.4) is 0 Å². The molecule has 2 aromatic carbocycles. The first-order valence-corrected chi connectivity index (χ1v) is 12.1. The second-order valence-electron chi connectivity index (χ2n) is 9.16. The molecule has 1 amide bonds. The molecule has 2 heterocycles. The summed E-state index contributed by atoms with van der Waals surface area (Å²) in [5.74, 6) is -0.150. The molecule has 4 rings (SSSR count). The number of aliphatic imine (C=N–C) groups is 1. The molecule has 7 heteroatoms. The van der Waals surface area contributed by atoms with Crippen molar-refractivity contribution in [1.82, 2.24) is 10.2 Å². The first-order chi connectivity index (χ1) is 16.5. The molecule has 34 heavy (non-hydrogen) atoms. The lowest BCUT2D eigenvalue weighted by Crippen LogP contribution is -2.53. The van der Waals surface area contributed by atoms with E-state index in [2.05, 4.69) is 36.2 Å². The number of carbonyl (C=O) groups excluding carboxylic acids is 2. The number of amides is 1. The Labute approximate surface area is 201 Å². The topological polar surface area (TPSA) is 80.2 Å². The van der Waals surface area contributed by atoms with Crippen LogP contribution in [0.2, 0.25) is 0 Å². The summed E-state index contributed by atoms with van der Waals surface area (Å²) in [6.45, 7) is 8.31. The standard InChI is InChI=1S/C27H33N3O4/c1-4-33-26(32)23-24(20-9-11-22(12-10-20)34-16-14-18(2)3)28-27(29-25(23)31)30-15-13-19-7-5-6-8-21(19)17-30/h5-12,18,23-24H,4,13-17H2,1-3H3,(H,28,29,31)/t23-,24+/m1/s1. The van der Waals surface area contributed by atoms with Crippen LogP contribution in [0, 0.1) is 11.8 Å². The number of nitrogens with zero attached hydrogens (tertiary/aromatic N) is 2. The third kappa shape index (κ3) is 5.41. The maximum absolute atomic E-state index is 13.1. The number of ether oxygens (including phenoxy) is 2. The highest BCUT2D eigenvalue weighted by atomic mass is 16.5. The van der Waals surface area contributed by atoms with E-state index in [1.165, 1.54) is 11.1 Å². The van der Waals surface area contributed by atoms with Crippen molar-refractivity contribution in [2.24, 2.45) is 16.8 Å². The zero-order chi connectivity index (χ0) is 24.1. The van der Waals surface area contributed by atoms with Gasteiger partial charge in [0.05, 0.1) is 13.2 Å². The van der Waals surface area contributed by atoms with Gasteiger partial charge in [0.2, 0.25) is 11.9 Å². The second-order valence-corrected chi connectivity index (χ2v) is 9.16. The molecule has 1 N–H and O–H groups in total. The number of carbonyl (C=O) groups is 2. The Morgan fingerprint density at radius 1 is 1.15 bits per heavy atom. The van der Waals surface area contributed by atoms with Gasteiger partial charge in [-0.05, 0) is 54.5 Å². The summed E-state index contributed by atoms with van der Waals surface area (Å²) in [5.41, 5.74) is 3.31. The van der Waals surface area contributed by atoms with Crippen LogP contribution in [0.5, 0.6) is 5.75 Å². The molecule has 0 fully saturated rings. The Balaban J connectivity index is 1.59. The summed E-state index contributed by atoms with van der Waals surface area (Å²) < 4.78 is 11.1. The van der Waals surface area contributed by atoms with Gasteiger partial charge in [0.1, 0.15) is 11.8 Å². The molecular formula is C27H33N3O4. The molecule has 7 nitrogen and oxygen atoms in total. The summed E-state index contributed by atoms with van der Waals surface area (Å²) in [7, 11) is 0. The van der Waals surface area contributed by atoms with E-state index in [9.17, 15) is 9.59 Å². The van der Waals surface area contributed by atoms with E-state index in [0.29, 0.717) is 25.0 Å². The van der Waals surface area contributed by atoms with E-state index < -0.39 is 17.9 Å². The van der Waals surface area contributed by atoms with Crippen LogP contribution in [-0.2, 0) is 27.3 Å². The lowest BCUT2D eigenvalue weighted by Gasteiger charge is -2.36. The van der Waals surface area contributed by atoms with E-state index in [4.69, 9.17) is 14.5 Å². The van der Waals surface area contributed by atoms with Crippen molar-refractivity contribution in [1.29, 1.82) is 0 Å². The number of nitrogens with one attached hydrogen (secondary N) is 1. The number of benzene rings is 2. The molecule has 2 aliphatic heterocycles. The molecule has 0 saturated carbocycles.